The third kappa shape index (κ3) is 4.10. The van der Waals surface area contributed by atoms with Crippen LogP contribution in [0, 0.1) is 0 Å². The number of benzene rings is 2. The van der Waals surface area contributed by atoms with Crippen molar-refractivity contribution in [1.82, 2.24) is 4.90 Å². The zero-order chi connectivity index (χ0) is 18.9. The van der Waals surface area contributed by atoms with E-state index in [4.69, 9.17) is 4.74 Å². The third-order valence-corrected chi connectivity index (χ3v) is 5.71. The van der Waals surface area contributed by atoms with Crippen LogP contribution in [-0.4, -0.2) is 29.6 Å². The second kappa shape index (κ2) is 7.50. The fraction of sp³-hybridized carbons (Fsp3) is 0.381. The fourth-order valence-corrected chi connectivity index (χ4v) is 4.38. The predicted molar refractivity (Wildman–Crippen MR) is 106 cm³/mol. The first-order valence-corrected chi connectivity index (χ1v) is 10.2. The SMILES string of the molecule is CC(F)(F)c1cccc(Oc2ccc(C3CCCN4CCSN=C34)cc2)c1. The Morgan fingerprint density at radius 1 is 1.11 bits per heavy atom. The maximum absolute atomic E-state index is 13.5. The molecule has 1 atom stereocenters. The van der Waals surface area contributed by atoms with Crippen molar-refractivity contribution < 1.29 is 13.5 Å². The molecule has 27 heavy (non-hydrogen) atoms. The lowest BCUT2D eigenvalue weighted by atomic mass is 9.89. The summed E-state index contributed by atoms with van der Waals surface area (Å²) in [5.74, 6) is 0.738. The van der Waals surface area contributed by atoms with Crippen molar-refractivity contribution in [2.24, 2.45) is 4.40 Å². The van der Waals surface area contributed by atoms with Crippen molar-refractivity contribution in [3.05, 3.63) is 59.7 Å². The fourth-order valence-electron chi connectivity index (χ4n) is 3.61. The minimum absolute atomic E-state index is 0.0493. The average molecular weight is 388 g/mol. The smallest absolute Gasteiger partial charge is 0.270 e. The molecule has 142 valence electrons. The quantitative estimate of drug-likeness (QED) is 0.616. The molecule has 0 aromatic heterocycles. The highest BCUT2D eigenvalue weighted by molar-refractivity contribution is 7.98. The molecule has 2 aromatic rings. The normalized spacial score (nSPS) is 20.0. The molecule has 0 amide bonds. The van der Waals surface area contributed by atoms with Gasteiger partial charge in [0.1, 0.15) is 17.3 Å². The Labute approximate surface area is 162 Å². The van der Waals surface area contributed by atoms with E-state index in [0.717, 1.165) is 32.2 Å². The van der Waals surface area contributed by atoms with Crippen LogP contribution in [0.5, 0.6) is 11.5 Å². The van der Waals surface area contributed by atoms with E-state index in [1.807, 2.05) is 12.1 Å². The Morgan fingerprint density at radius 2 is 1.93 bits per heavy atom. The molecule has 2 aromatic carbocycles. The first kappa shape index (κ1) is 18.3. The molecule has 0 saturated carbocycles. The van der Waals surface area contributed by atoms with Gasteiger partial charge in [-0.2, -0.15) is 0 Å². The van der Waals surface area contributed by atoms with Crippen LogP contribution in [0.1, 0.15) is 36.8 Å². The van der Waals surface area contributed by atoms with Gasteiger partial charge in [0.25, 0.3) is 5.92 Å². The molecule has 4 rings (SSSR count). The Bertz CT molecular complexity index is 833. The number of fused-ring (bicyclic) bond motifs is 1. The zero-order valence-electron chi connectivity index (χ0n) is 15.2. The predicted octanol–water partition coefficient (Wildman–Crippen LogP) is 5.83. The van der Waals surface area contributed by atoms with Crippen LogP contribution in [0.3, 0.4) is 0 Å². The number of piperidine rings is 1. The second-order valence-corrected chi connectivity index (χ2v) is 7.90. The zero-order valence-corrected chi connectivity index (χ0v) is 16.0. The van der Waals surface area contributed by atoms with Gasteiger partial charge in [-0.1, -0.05) is 24.3 Å². The van der Waals surface area contributed by atoms with Crippen LogP contribution in [0.4, 0.5) is 8.78 Å². The molecule has 2 aliphatic rings. The summed E-state index contributed by atoms with van der Waals surface area (Å²) in [7, 11) is 0. The van der Waals surface area contributed by atoms with Crippen molar-refractivity contribution in [3.8, 4) is 11.5 Å². The number of amidine groups is 1. The van der Waals surface area contributed by atoms with Crippen LogP contribution in [0.25, 0.3) is 0 Å². The summed E-state index contributed by atoms with van der Waals surface area (Å²) in [5, 5.41) is 0. The van der Waals surface area contributed by atoms with Crippen LogP contribution >= 0.6 is 11.9 Å². The lowest BCUT2D eigenvalue weighted by Crippen LogP contribution is -2.42. The first-order chi connectivity index (χ1) is 13.0. The Hall–Kier alpha value is -2.08. The standard InChI is InChI=1S/C21H22F2N2OS/c1-21(22,23)16-4-2-5-18(14-16)26-17-9-7-15(8-10-17)19-6-3-11-25-12-13-27-24-20(19)25/h2,4-5,7-10,14,19H,3,6,11-13H2,1H3. The number of nitrogens with zero attached hydrogens (tertiary/aromatic N) is 2. The van der Waals surface area contributed by atoms with E-state index in [2.05, 4.69) is 21.4 Å². The topological polar surface area (TPSA) is 24.8 Å². The summed E-state index contributed by atoms with van der Waals surface area (Å²) in [6.45, 7) is 3.05. The molecular formula is C21H22F2N2OS. The third-order valence-electron chi connectivity index (χ3n) is 5.03. The van der Waals surface area contributed by atoms with Gasteiger partial charge in [-0.25, -0.2) is 13.2 Å². The molecule has 0 N–H and O–H groups in total. The summed E-state index contributed by atoms with van der Waals surface area (Å²) in [6.07, 6.45) is 2.27. The van der Waals surface area contributed by atoms with Crippen molar-refractivity contribution >= 4 is 17.8 Å². The van der Waals surface area contributed by atoms with Crippen molar-refractivity contribution in [3.63, 3.8) is 0 Å². The van der Waals surface area contributed by atoms with Gasteiger partial charge in [-0.3, -0.25) is 0 Å². The minimum atomic E-state index is -2.88. The molecule has 3 nitrogen and oxygen atoms in total. The van der Waals surface area contributed by atoms with Gasteiger partial charge in [-0.15, -0.1) is 0 Å². The number of alkyl halides is 2. The highest BCUT2D eigenvalue weighted by Crippen LogP contribution is 2.35. The monoisotopic (exact) mass is 388 g/mol. The molecule has 2 aliphatic heterocycles. The largest absolute Gasteiger partial charge is 0.457 e. The van der Waals surface area contributed by atoms with Gasteiger partial charge in [0, 0.05) is 37.2 Å². The molecule has 1 fully saturated rings. The van der Waals surface area contributed by atoms with Gasteiger partial charge in [0.2, 0.25) is 0 Å². The van der Waals surface area contributed by atoms with E-state index in [-0.39, 0.29) is 5.56 Å². The van der Waals surface area contributed by atoms with Gasteiger partial charge >= 0.3 is 0 Å². The van der Waals surface area contributed by atoms with Crippen LogP contribution in [0.15, 0.2) is 52.9 Å². The van der Waals surface area contributed by atoms with E-state index in [9.17, 15) is 8.78 Å². The maximum Gasteiger partial charge on any atom is 0.270 e. The second-order valence-electron chi connectivity index (χ2n) is 7.05. The summed E-state index contributed by atoms with van der Waals surface area (Å²) in [6, 6.07) is 14.0. The molecule has 1 saturated heterocycles. The minimum Gasteiger partial charge on any atom is -0.457 e. The molecule has 6 heteroatoms. The highest BCUT2D eigenvalue weighted by Gasteiger charge is 2.29. The Kier molecular flexibility index (Phi) is 5.08. The lowest BCUT2D eigenvalue weighted by molar-refractivity contribution is 0.0173. The van der Waals surface area contributed by atoms with E-state index < -0.39 is 5.92 Å². The molecular weight excluding hydrogens is 366 g/mol. The summed E-state index contributed by atoms with van der Waals surface area (Å²) in [5.41, 5.74) is 1.17. The van der Waals surface area contributed by atoms with Crippen molar-refractivity contribution in [2.45, 2.75) is 31.6 Å². The van der Waals surface area contributed by atoms with Gasteiger partial charge in [0.15, 0.2) is 0 Å². The van der Waals surface area contributed by atoms with Crippen LogP contribution in [0.2, 0.25) is 0 Å². The molecule has 0 spiro atoms. The molecule has 2 heterocycles. The van der Waals surface area contributed by atoms with Crippen molar-refractivity contribution in [1.29, 1.82) is 0 Å². The molecule has 0 radical (unpaired) electrons. The average Bonchev–Trinajstić information content (AvgIpc) is 2.68. The number of halogens is 2. The number of hydrogen-bond donors (Lipinski definition) is 0. The number of hydrogen-bond acceptors (Lipinski definition) is 4. The molecule has 0 aliphatic carbocycles. The number of ether oxygens (including phenoxy) is 1. The van der Waals surface area contributed by atoms with Gasteiger partial charge in [0.05, 0.1) is 0 Å². The van der Waals surface area contributed by atoms with Crippen LogP contribution < -0.4 is 4.74 Å². The lowest BCUT2D eigenvalue weighted by Gasteiger charge is -2.37. The highest BCUT2D eigenvalue weighted by atomic mass is 32.2. The summed E-state index contributed by atoms with van der Waals surface area (Å²) >= 11 is 1.65. The maximum atomic E-state index is 13.5. The van der Waals surface area contributed by atoms with Gasteiger partial charge < -0.3 is 9.64 Å². The molecule has 1 unspecified atom stereocenters. The number of rotatable bonds is 4. The Balaban J connectivity index is 1.50. The van der Waals surface area contributed by atoms with E-state index in [0.29, 0.717) is 17.4 Å². The van der Waals surface area contributed by atoms with E-state index in [1.165, 1.54) is 30.0 Å². The van der Waals surface area contributed by atoms with Crippen LogP contribution in [-0.2, 0) is 5.92 Å². The van der Waals surface area contributed by atoms with E-state index >= 15 is 0 Å². The summed E-state index contributed by atoms with van der Waals surface area (Å²) in [4.78, 5) is 2.39. The molecule has 0 bridgehead atoms. The van der Waals surface area contributed by atoms with Gasteiger partial charge in [-0.05, 0) is 54.6 Å². The summed E-state index contributed by atoms with van der Waals surface area (Å²) < 4.78 is 37.5. The van der Waals surface area contributed by atoms with E-state index in [1.54, 1.807) is 24.1 Å². The first-order valence-electron chi connectivity index (χ1n) is 9.22. The Morgan fingerprint density at radius 3 is 2.70 bits per heavy atom. The van der Waals surface area contributed by atoms with Crippen molar-refractivity contribution in [2.75, 3.05) is 18.8 Å².